The van der Waals surface area contributed by atoms with Gasteiger partial charge in [0, 0.05) is 18.3 Å². The maximum atomic E-state index is 11.6. The zero-order chi connectivity index (χ0) is 12.8. The third-order valence-corrected chi connectivity index (χ3v) is 2.59. The highest BCUT2D eigenvalue weighted by atomic mass is 16.1. The molecule has 1 heterocycles. The van der Waals surface area contributed by atoms with Gasteiger partial charge in [0.05, 0.1) is 5.52 Å². The van der Waals surface area contributed by atoms with E-state index in [1.807, 2.05) is 52.1 Å². The van der Waals surface area contributed by atoms with Gasteiger partial charge in [0.1, 0.15) is 0 Å². The fourth-order valence-electron chi connectivity index (χ4n) is 1.66. The number of aryl methyl sites for hydroxylation is 1. The van der Waals surface area contributed by atoms with Gasteiger partial charge in [-0.3, -0.25) is 4.79 Å². The first-order chi connectivity index (χ1) is 8.24. The molecule has 1 aromatic carbocycles. The predicted octanol–water partition coefficient (Wildman–Crippen LogP) is 3.16. The van der Waals surface area contributed by atoms with E-state index in [4.69, 9.17) is 0 Å². The minimum Gasteiger partial charge on any atom is -0.388 e. The molecular weight excluding hydrogens is 212 g/mol. The average molecular weight is 232 g/mol. The van der Waals surface area contributed by atoms with Crippen molar-refractivity contribution < 1.29 is 0 Å². The van der Waals surface area contributed by atoms with E-state index in [1.54, 1.807) is 0 Å². The molecule has 2 N–H and O–H groups in total. The van der Waals surface area contributed by atoms with Crippen LogP contribution in [0.5, 0.6) is 0 Å². The zero-order valence-corrected chi connectivity index (χ0v) is 10.9. The highest BCUT2D eigenvalue weighted by Crippen LogP contribution is 2.16. The van der Waals surface area contributed by atoms with E-state index in [2.05, 4.69) is 10.3 Å². The van der Waals surface area contributed by atoms with Gasteiger partial charge >= 0.3 is 0 Å². The third-order valence-electron chi connectivity index (χ3n) is 2.59. The van der Waals surface area contributed by atoms with Crippen LogP contribution in [0.1, 0.15) is 26.3 Å². The summed E-state index contributed by atoms with van der Waals surface area (Å²) in [5.41, 5.74) is 2.73. The molecule has 3 heteroatoms. The molecule has 17 heavy (non-hydrogen) atoms. The van der Waals surface area contributed by atoms with Crippen LogP contribution in [0.4, 0.5) is 5.69 Å². The largest absolute Gasteiger partial charge is 0.388 e. The summed E-state index contributed by atoms with van der Waals surface area (Å²) in [6, 6.07) is 7.90. The lowest BCUT2D eigenvalue weighted by molar-refractivity contribution is 1.08. The molecular formula is C14H20N2O. The van der Waals surface area contributed by atoms with Gasteiger partial charge in [-0.1, -0.05) is 26.8 Å². The lowest BCUT2D eigenvalue weighted by Gasteiger charge is -2.04. The lowest BCUT2D eigenvalue weighted by atomic mass is 10.1. The van der Waals surface area contributed by atoms with Gasteiger partial charge in [0.25, 0.3) is 5.56 Å². The van der Waals surface area contributed by atoms with Crippen LogP contribution in [-0.4, -0.2) is 12.0 Å². The number of pyridine rings is 1. The normalized spacial score (nSPS) is 9.65. The van der Waals surface area contributed by atoms with E-state index in [1.165, 1.54) is 0 Å². The first-order valence-electron chi connectivity index (χ1n) is 6.08. The van der Waals surface area contributed by atoms with Crippen LogP contribution in [0.25, 0.3) is 10.9 Å². The Kier molecular flexibility index (Phi) is 4.76. The molecule has 0 aliphatic carbocycles. The molecule has 0 radical (unpaired) electrons. The Morgan fingerprint density at radius 1 is 1.24 bits per heavy atom. The monoisotopic (exact) mass is 232 g/mol. The summed E-state index contributed by atoms with van der Waals surface area (Å²) in [5, 5.41) is 4.12. The smallest absolute Gasteiger partial charge is 0.251 e. The molecule has 0 saturated carbocycles. The lowest BCUT2D eigenvalue weighted by Crippen LogP contribution is -2.11. The second-order valence-electron chi connectivity index (χ2n) is 3.53. The number of hydrogen-bond acceptors (Lipinski definition) is 2. The van der Waals surface area contributed by atoms with Gasteiger partial charge < -0.3 is 10.3 Å². The molecule has 0 atom stereocenters. The van der Waals surface area contributed by atoms with E-state index in [0.29, 0.717) is 0 Å². The average Bonchev–Trinajstić information content (AvgIpc) is 2.39. The molecule has 0 unspecified atom stereocenters. The van der Waals surface area contributed by atoms with E-state index in [0.717, 1.165) is 28.6 Å². The molecule has 2 rings (SSSR count). The number of aromatic amines is 1. The summed E-state index contributed by atoms with van der Waals surface area (Å²) in [7, 11) is 1.86. The minimum absolute atomic E-state index is 0.0123. The Hall–Kier alpha value is -1.77. The van der Waals surface area contributed by atoms with Gasteiger partial charge in [-0.15, -0.1) is 0 Å². The minimum atomic E-state index is 0.0123. The number of H-pyrrole nitrogens is 1. The van der Waals surface area contributed by atoms with Crippen LogP contribution in [0.3, 0.4) is 0 Å². The van der Waals surface area contributed by atoms with Gasteiger partial charge in [-0.2, -0.15) is 0 Å². The first kappa shape index (κ1) is 13.3. The van der Waals surface area contributed by atoms with Crippen molar-refractivity contribution in [2.75, 3.05) is 12.4 Å². The van der Waals surface area contributed by atoms with Gasteiger partial charge in [0.15, 0.2) is 0 Å². The maximum absolute atomic E-state index is 11.6. The predicted molar refractivity (Wildman–Crippen MR) is 74.8 cm³/mol. The van der Waals surface area contributed by atoms with Crippen molar-refractivity contribution in [3.63, 3.8) is 0 Å². The first-order valence-corrected chi connectivity index (χ1v) is 6.08. The fourth-order valence-corrected chi connectivity index (χ4v) is 1.66. The second-order valence-corrected chi connectivity index (χ2v) is 3.53. The summed E-state index contributed by atoms with van der Waals surface area (Å²) in [6.07, 6.45) is 0.763. The Balaban J connectivity index is 0.000000686. The summed E-state index contributed by atoms with van der Waals surface area (Å²) >= 11 is 0. The molecule has 0 spiro atoms. The zero-order valence-electron chi connectivity index (χ0n) is 10.9. The van der Waals surface area contributed by atoms with Gasteiger partial charge in [-0.25, -0.2) is 0 Å². The quantitative estimate of drug-likeness (QED) is 0.835. The van der Waals surface area contributed by atoms with Crippen molar-refractivity contribution >= 4 is 16.6 Å². The molecule has 0 aliphatic rings. The number of nitrogens with one attached hydrogen (secondary N) is 2. The van der Waals surface area contributed by atoms with Crippen molar-refractivity contribution in [2.45, 2.75) is 27.2 Å². The Morgan fingerprint density at radius 2 is 1.94 bits per heavy atom. The second kappa shape index (κ2) is 6.09. The standard InChI is InChI=1S/C12H14N2O.C2H6/c1-3-8-6-9-4-5-10(13-2)7-11(9)14-12(8)15;1-2/h4-7,13H,3H2,1-2H3,(H,14,15);1-2H3. The molecule has 0 saturated heterocycles. The van der Waals surface area contributed by atoms with Crippen molar-refractivity contribution in [1.29, 1.82) is 0 Å². The van der Waals surface area contributed by atoms with Crippen LogP contribution in [0.15, 0.2) is 29.1 Å². The van der Waals surface area contributed by atoms with Gasteiger partial charge in [-0.05, 0) is 30.0 Å². The summed E-state index contributed by atoms with van der Waals surface area (Å²) in [4.78, 5) is 14.5. The van der Waals surface area contributed by atoms with Crippen molar-refractivity contribution in [1.82, 2.24) is 4.98 Å². The molecule has 0 aliphatic heterocycles. The Labute approximate surface area is 102 Å². The molecule has 0 amide bonds. The van der Waals surface area contributed by atoms with E-state index < -0.39 is 0 Å². The van der Waals surface area contributed by atoms with E-state index in [9.17, 15) is 4.79 Å². The highest BCUT2D eigenvalue weighted by Gasteiger charge is 2.01. The van der Waals surface area contributed by atoms with Crippen molar-refractivity contribution in [3.8, 4) is 0 Å². The molecule has 1 aromatic heterocycles. The number of hydrogen-bond donors (Lipinski definition) is 2. The number of benzene rings is 1. The highest BCUT2D eigenvalue weighted by molar-refractivity contribution is 5.82. The molecule has 3 nitrogen and oxygen atoms in total. The molecule has 92 valence electrons. The van der Waals surface area contributed by atoms with Crippen LogP contribution >= 0.6 is 0 Å². The third kappa shape index (κ3) is 2.87. The van der Waals surface area contributed by atoms with Crippen molar-refractivity contribution in [3.05, 3.63) is 40.2 Å². The summed E-state index contributed by atoms with van der Waals surface area (Å²) in [5.74, 6) is 0. The van der Waals surface area contributed by atoms with E-state index in [-0.39, 0.29) is 5.56 Å². The fraction of sp³-hybridized carbons (Fsp3) is 0.357. The number of fused-ring (bicyclic) bond motifs is 1. The Bertz CT molecular complexity index is 543. The Morgan fingerprint density at radius 3 is 2.53 bits per heavy atom. The topological polar surface area (TPSA) is 44.9 Å². The summed E-state index contributed by atoms with van der Waals surface area (Å²) < 4.78 is 0. The SMILES string of the molecule is CC.CCc1cc2ccc(NC)cc2[nH]c1=O. The number of aromatic nitrogens is 1. The van der Waals surface area contributed by atoms with Gasteiger partial charge in [0.2, 0.25) is 0 Å². The number of rotatable bonds is 2. The van der Waals surface area contributed by atoms with Crippen LogP contribution in [0.2, 0.25) is 0 Å². The number of anilines is 1. The molecule has 0 fully saturated rings. The van der Waals surface area contributed by atoms with Crippen molar-refractivity contribution in [2.24, 2.45) is 0 Å². The van der Waals surface area contributed by atoms with Crippen LogP contribution in [-0.2, 0) is 6.42 Å². The molecule has 2 aromatic rings. The van der Waals surface area contributed by atoms with E-state index >= 15 is 0 Å². The summed E-state index contributed by atoms with van der Waals surface area (Å²) in [6.45, 7) is 5.98. The van der Waals surface area contributed by atoms with Crippen LogP contribution < -0.4 is 10.9 Å². The molecule has 0 bridgehead atoms. The maximum Gasteiger partial charge on any atom is 0.251 e. The van der Waals surface area contributed by atoms with Crippen LogP contribution in [0, 0.1) is 0 Å².